The molecular formula is C13H18BrN5. The third-order valence-corrected chi connectivity index (χ3v) is 3.42. The van der Waals surface area contributed by atoms with Crippen LogP contribution in [0.25, 0.3) is 0 Å². The van der Waals surface area contributed by atoms with Gasteiger partial charge in [-0.2, -0.15) is 0 Å². The van der Waals surface area contributed by atoms with Crippen molar-refractivity contribution in [3.8, 4) is 0 Å². The second kappa shape index (κ2) is 6.79. The van der Waals surface area contributed by atoms with Gasteiger partial charge in [0.25, 0.3) is 0 Å². The summed E-state index contributed by atoms with van der Waals surface area (Å²) in [6.45, 7) is 3.13. The van der Waals surface area contributed by atoms with Crippen LogP contribution in [0.1, 0.15) is 30.8 Å². The standard InChI is InChI=1S/C13H18BrN5/c1-2-4-19-5-3-17-13(19)7-12(18-15)10-6-11(14)9-16-8-10/h3,5-6,8-9,12,18H,2,4,7,15H2,1H3. The molecule has 0 aromatic carbocycles. The number of hydrogen-bond acceptors (Lipinski definition) is 4. The number of imidazole rings is 1. The summed E-state index contributed by atoms with van der Waals surface area (Å²) in [5, 5.41) is 0. The molecule has 2 rings (SSSR count). The highest BCUT2D eigenvalue weighted by molar-refractivity contribution is 9.10. The first-order chi connectivity index (χ1) is 9.24. The summed E-state index contributed by atoms with van der Waals surface area (Å²) in [5.74, 6) is 6.70. The van der Waals surface area contributed by atoms with Gasteiger partial charge in [-0.25, -0.2) is 4.98 Å². The Morgan fingerprint density at radius 3 is 3.00 bits per heavy atom. The summed E-state index contributed by atoms with van der Waals surface area (Å²) in [4.78, 5) is 8.58. The first-order valence-electron chi connectivity index (χ1n) is 6.31. The largest absolute Gasteiger partial charge is 0.335 e. The van der Waals surface area contributed by atoms with Crippen molar-refractivity contribution < 1.29 is 0 Å². The van der Waals surface area contributed by atoms with E-state index in [1.54, 1.807) is 6.20 Å². The van der Waals surface area contributed by atoms with E-state index in [9.17, 15) is 0 Å². The van der Waals surface area contributed by atoms with E-state index < -0.39 is 0 Å². The summed E-state index contributed by atoms with van der Waals surface area (Å²) in [6.07, 6.45) is 9.24. The van der Waals surface area contributed by atoms with Gasteiger partial charge in [0.1, 0.15) is 5.82 Å². The van der Waals surface area contributed by atoms with Gasteiger partial charge in [0.05, 0.1) is 6.04 Å². The van der Waals surface area contributed by atoms with Gasteiger partial charge in [-0.3, -0.25) is 16.3 Å². The molecule has 102 valence electrons. The first kappa shape index (κ1) is 14.2. The molecule has 2 aromatic rings. The van der Waals surface area contributed by atoms with Crippen LogP contribution in [0.5, 0.6) is 0 Å². The Labute approximate surface area is 121 Å². The predicted octanol–water partition coefficient (Wildman–Crippen LogP) is 2.20. The molecule has 0 spiro atoms. The van der Waals surface area contributed by atoms with Gasteiger partial charge in [-0.1, -0.05) is 6.92 Å². The van der Waals surface area contributed by atoms with Crippen LogP contribution >= 0.6 is 15.9 Å². The Morgan fingerprint density at radius 1 is 1.47 bits per heavy atom. The van der Waals surface area contributed by atoms with Gasteiger partial charge < -0.3 is 4.57 Å². The topological polar surface area (TPSA) is 68.8 Å². The molecular weight excluding hydrogens is 306 g/mol. The molecule has 2 aromatic heterocycles. The van der Waals surface area contributed by atoms with Crippen molar-refractivity contribution in [1.82, 2.24) is 20.0 Å². The zero-order valence-electron chi connectivity index (χ0n) is 10.9. The normalized spacial score (nSPS) is 12.6. The summed E-state index contributed by atoms with van der Waals surface area (Å²) in [6, 6.07) is 2.02. The van der Waals surface area contributed by atoms with Crippen LogP contribution in [0.2, 0.25) is 0 Å². The molecule has 0 aliphatic heterocycles. The molecule has 0 aliphatic rings. The second-order valence-electron chi connectivity index (χ2n) is 4.40. The summed E-state index contributed by atoms with van der Waals surface area (Å²) < 4.78 is 3.11. The van der Waals surface area contributed by atoms with E-state index in [2.05, 4.69) is 42.8 Å². The monoisotopic (exact) mass is 323 g/mol. The lowest BCUT2D eigenvalue weighted by Crippen LogP contribution is -2.30. The minimum absolute atomic E-state index is 0.00278. The van der Waals surface area contributed by atoms with Crippen LogP contribution in [-0.2, 0) is 13.0 Å². The molecule has 0 saturated heterocycles. The smallest absolute Gasteiger partial charge is 0.110 e. The summed E-state index contributed by atoms with van der Waals surface area (Å²) >= 11 is 3.42. The quantitative estimate of drug-likeness (QED) is 0.631. The maximum atomic E-state index is 5.67. The van der Waals surface area contributed by atoms with Crippen molar-refractivity contribution in [1.29, 1.82) is 0 Å². The van der Waals surface area contributed by atoms with Crippen molar-refractivity contribution in [3.63, 3.8) is 0 Å². The number of nitrogens with two attached hydrogens (primary N) is 1. The van der Waals surface area contributed by atoms with Crippen LogP contribution in [0, 0.1) is 0 Å². The SMILES string of the molecule is CCCn1ccnc1CC(NN)c1cncc(Br)c1. The van der Waals surface area contributed by atoms with Gasteiger partial charge in [-0.15, -0.1) is 0 Å². The van der Waals surface area contributed by atoms with Crippen LogP contribution in [0.15, 0.2) is 35.3 Å². The molecule has 0 radical (unpaired) electrons. The highest BCUT2D eigenvalue weighted by atomic mass is 79.9. The van der Waals surface area contributed by atoms with Crippen molar-refractivity contribution in [2.75, 3.05) is 0 Å². The van der Waals surface area contributed by atoms with Crippen LogP contribution in [0.4, 0.5) is 0 Å². The van der Waals surface area contributed by atoms with Gasteiger partial charge in [0.15, 0.2) is 0 Å². The molecule has 1 atom stereocenters. The fourth-order valence-corrected chi connectivity index (χ4v) is 2.43. The van der Waals surface area contributed by atoms with E-state index in [1.165, 1.54) is 0 Å². The number of rotatable bonds is 6. The van der Waals surface area contributed by atoms with E-state index in [0.717, 1.165) is 35.2 Å². The molecule has 1 unspecified atom stereocenters. The average Bonchev–Trinajstić information content (AvgIpc) is 2.84. The fourth-order valence-electron chi connectivity index (χ4n) is 2.05. The van der Waals surface area contributed by atoms with Crippen molar-refractivity contribution in [2.45, 2.75) is 32.4 Å². The number of hydrazine groups is 1. The molecule has 19 heavy (non-hydrogen) atoms. The van der Waals surface area contributed by atoms with Crippen LogP contribution in [0.3, 0.4) is 0 Å². The van der Waals surface area contributed by atoms with Crippen molar-refractivity contribution in [2.24, 2.45) is 5.84 Å². The number of nitrogens with zero attached hydrogens (tertiary/aromatic N) is 3. The molecule has 3 N–H and O–H groups in total. The van der Waals surface area contributed by atoms with Crippen molar-refractivity contribution >= 4 is 15.9 Å². The van der Waals surface area contributed by atoms with E-state index in [1.807, 2.05) is 24.7 Å². The first-order valence-corrected chi connectivity index (χ1v) is 7.10. The minimum atomic E-state index is 0.00278. The van der Waals surface area contributed by atoms with Gasteiger partial charge in [0.2, 0.25) is 0 Å². The second-order valence-corrected chi connectivity index (χ2v) is 5.31. The van der Waals surface area contributed by atoms with Crippen LogP contribution < -0.4 is 11.3 Å². The number of nitrogens with one attached hydrogen (secondary N) is 1. The number of pyridine rings is 1. The Hall–Kier alpha value is -1.24. The fraction of sp³-hybridized carbons (Fsp3) is 0.385. The predicted molar refractivity (Wildman–Crippen MR) is 78.2 cm³/mol. The number of halogens is 1. The molecule has 2 heterocycles. The lowest BCUT2D eigenvalue weighted by Gasteiger charge is -2.16. The van der Waals surface area contributed by atoms with E-state index in [-0.39, 0.29) is 6.04 Å². The molecule has 0 fully saturated rings. The minimum Gasteiger partial charge on any atom is -0.335 e. The zero-order valence-corrected chi connectivity index (χ0v) is 12.5. The van der Waals surface area contributed by atoms with E-state index >= 15 is 0 Å². The lowest BCUT2D eigenvalue weighted by molar-refractivity contribution is 0.515. The van der Waals surface area contributed by atoms with Gasteiger partial charge >= 0.3 is 0 Å². The van der Waals surface area contributed by atoms with E-state index in [0.29, 0.717) is 0 Å². The number of aryl methyl sites for hydroxylation is 1. The van der Waals surface area contributed by atoms with Gasteiger partial charge in [0, 0.05) is 42.2 Å². The Kier molecular flexibility index (Phi) is 5.07. The van der Waals surface area contributed by atoms with Crippen molar-refractivity contribution in [3.05, 3.63) is 46.7 Å². The molecule has 0 amide bonds. The van der Waals surface area contributed by atoms with Crippen LogP contribution in [-0.4, -0.2) is 14.5 Å². The Morgan fingerprint density at radius 2 is 2.32 bits per heavy atom. The third kappa shape index (κ3) is 3.62. The molecule has 6 heteroatoms. The van der Waals surface area contributed by atoms with Gasteiger partial charge in [-0.05, 0) is 34.0 Å². The molecule has 0 bridgehead atoms. The highest BCUT2D eigenvalue weighted by Gasteiger charge is 2.14. The Bertz CT molecular complexity index is 525. The molecule has 5 nitrogen and oxygen atoms in total. The summed E-state index contributed by atoms with van der Waals surface area (Å²) in [5.41, 5.74) is 3.88. The van der Waals surface area contributed by atoms with E-state index in [4.69, 9.17) is 5.84 Å². The number of hydrogen-bond donors (Lipinski definition) is 2. The lowest BCUT2D eigenvalue weighted by atomic mass is 10.1. The maximum Gasteiger partial charge on any atom is 0.110 e. The third-order valence-electron chi connectivity index (χ3n) is 2.98. The highest BCUT2D eigenvalue weighted by Crippen LogP contribution is 2.19. The average molecular weight is 324 g/mol. The number of aromatic nitrogens is 3. The molecule has 0 saturated carbocycles. The maximum absolute atomic E-state index is 5.67. The zero-order chi connectivity index (χ0) is 13.7. The summed E-state index contributed by atoms with van der Waals surface area (Å²) in [7, 11) is 0. The molecule has 0 aliphatic carbocycles. The Balaban J connectivity index is 2.17.